The van der Waals surface area contributed by atoms with Gasteiger partial charge in [0.25, 0.3) is 5.91 Å². The maximum Gasteiger partial charge on any atom is 0.287 e. The molecule has 206 valence electrons. The molecule has 4 rings (SSSR count). The molecule has 1 fully saturated rings. The van der Waals surface area contributed by atoms with Crippen LogP contribution in [0.15, 0.2) is 65.3 Å². The molecule has 0 saturated carbocycles. The van der Waals surface area contributed by atoms with Gasteiger partial charge in [0.05, 0.1) is 33.1 Å². The van der Waals surface area contributed by atoms with Crippen LogP contribution in [-0.4, -0.2) is 57.7 Å². The van der Waals surface area contributed by atoms with Crippen molar-refractivity contribution in [3.05, 3.63) is 77.7 Å². The summed E-state index contributed by atoms with van der Waals surface area (Å²) in [5.74, 6) is -0.447. The second-order valence-corrected chi connectivity index (χ2v) is 9.11. The zero-order valence-corrected chi connectivity index (χ0v) is 22.3. The molecule has 2 heterocycles. The van der Waals surface area contributed by atoms with Crippen molar-refractivity contribution in [1.29, 1.82) is 0 Å². The summed E-state index contributed by atoms with van der Waals surface area (Å²) in [5.41, 5.74) is 1.81. The second-order valence-electron chi connectivity index (χ2n) is 9.11. The van der Waals surface area contributed by atoms with E-state index in [-0.39, 0.29) is 18.4 Å². The molecule has 0 aliphatic carbocycles. The topological polar surface area (TPSA) is 119 Å². The van der Waals surface area contributed by atoms with Crippen LogP contribution >= 0.6 is 0 Å². The fourth-order valence-corrected chi connectivity index (χ4v) is 4.54. The summed E-state index contributed by atoms with van der Waals surface area (Å²) in [6.45, 7) is 2.46. The standard InChI is InChI=1S/C29H33N3O7/c1-19-8-4-5-10-22(19)32(26(33)18-31-28(34)24-11-7-15-39-24)27(29(35)30-17-21-9-6-14-38-21)20-12-13-23(36-2)25(16-20)37-3/h4-5,7-8,10-13,15-16,21,27H,6,9,14,17-18H2,1-3H3,(H,30,35)(H,31,34)/t21-,27+/m1/s1. The number of furan rings is 1. The molecule has 39 heavy (non-hydrogen) atoms. The molecule has 2 N–H and O–H groups in total. The zero-order valence-electron chi connectivity index (χ0n) is 22.3. The SMILES string of the molecule is COc1ccc([C@@H](C(=O)NC[C@H]2CCCO2)N(C(=O)CNC(=O)c2ccco2)c2ccccc2C)cc1OC. The van der Waals surface area contributed by atoms with E-state index in [4.69, 9.17) is 18.6 Å². The highest BCUT2D eigenvalue weighted by Crippen LogP contribution is 2.35. The van der Waals surface area contributed by atoms with Crippen LogP contribution in [0.25, 0.3) is 0 Å². The van der Waals surface area contributed by atoms with Crippen LogP contribution in [0.1, 0.15) is 40.6 Å². The van der Waals surface area contributed by atoms with Gasteiger partial charge in [-0.25, -0.2) is 0 Å². The van der Waals surface area contributed by atoms with Crippen LogP contribution < -0.4 is 25.0 Å². The van der Waals surface area contributed by atoms with Crippen molar-refractivity contribution in [2.45, 2.75) is 31.9 Å². The lowest BCUT2D eigenvalue weighted by Crippen LogP contribution is -2.48. The molecule has 2 atom stereocenters. The fourth-order valence-electron chi connectivity index (χ4n) is 4.54. The Bertz CT molecular complexity index is 1290. The molecule has 1 saturated heterocycles. The number of hydrogen-bond donors (Lipinski definition) is 2. The number of ether oxygens (including phenoxy) is 3. The highest BCUT2D eigenvalue weighted by molar-refractivity contribution is 6.04. The minimum atomic E-state index is -1.08. The van der Waals surface area contributed by atoms with Gasteiger partial charge in [-0.15, -0.1) is 0 Å². The Morgan fingerprint density at radius 1 is 1.03 bits per heavy atom. The van der Waals surface area contributed by atoms with Gasteiger partial charge >= 0.3 is 0 Å². The number of carbonyl (C=O) groups is 3. The summed E-state index contributed by atoms with van der Waals surface area (Å²) in [7, 11) is 3.02. The number of amides is 3. The van der Waals surface area contributed by atoms with Crippen LogP contribution in [0, 0.1) is 6.92 Å². The van der Waals surface area contributed by atoms with Gasteiger partial charge in [-0.1, -0.05) is 24.3 Å². The Labute approximate surface area is 227 Å². The Morgan fingerprint density at radius 3 is 2.49 bits per heavy atom. The van der Waals surface area contributed by atoms with E-state index in [1.807, 2.05) is 19.1 Å². The normalized spacial score (nSPS) is 15.3. The molecular formula is C29H33N3O7. The van der Waals surface area contributed by atoms with Crippen molar-refractivity contribution in [3.8, 4) is 11.5 Å². The number of benzene rings is 2. The molecule has 3 aromatic rings. The molecule has 1 aliphatic heterocycles. The van der Waals surface area contributed by atoms with Crippen molar-refractivity contribution in [2.24, 2.45) is 0 Å². The van der Waals surface area contributed by atoms with E-state index < -0.39 is 23.8 Å². The van der Waals surface area contributed by atoms with Gasteiger partial charge in [0.1, 0.15) is 6.04 Å². The maximum absolute atomic E-state index is 13.9. The van der Waals surface area contributed by atoms with Gasteiger partial charge in [-0.05, 0) is 61.2 Å². The number of hydrogen-bond acceptors (Lipinski definition) is 7. The third-order valence-corrected chi connectivity index (χ3v) is 6.55. The number of para-hydroxylation sites is 1. The first kappa shape index (κ1) is 27.7. The summed E-state index contributed by atoms with van der Waals surface area (Å²) < 4.78 is 21.7. The summed E-state index contributed by atoms with van der Waals surface area (Å²) in [6, 6.07) is 14.4. The third-order valence-electron chi connectivity index (χ3n) is 6.55. The van der Waals surface area contributed by atoms with Crippen LogP contribution in [0.2, 0.25) is 0 Å². The molecule has 0 bridgehead atoms. The third kappa shape index (κ3) is 6.58. The molecule has 0 unspecified atom stereocenters. The number of nitrogens with zero attached hydrogens (tertiary/aromatic N) is 1. The minimum absolute atomic E-state index is 0.0796. The molecule has 0 radical (unpaired) electrons. The highest BCUT2D eigenvalue weighted by Gasteiger charge is 2.35. The first-order chi connectivity index (χ1) is 18.9. The summed E-state index contributed by atoms with van der Waals surface area (Å²) in [6.07, 6.45) is 3.07. The summed E-state index contributed by atoms with van der Waals surface area (Å²) in [5, 5.41) is 5.57. The molecule has 3 amide bonds. The van der Waals surface area contributed by atoms with Gasteiger partial charge in [0, 0.05) is 18.8 Å². The van der Waals surface area contributed by atoms with E-state index >= 15 is 0 Å². The lowest BCUT2D eigenvalue weighted by molar-refractivity contribution is -0.126. The molecule has 1 aliphatic rings. The van der Waals surface area contributed by atoms with E-state index in [2.05, 4.69) is 10.6 Å². The lowest BCUT2D eigenvalue weighted by Gasteiger charge is -2.33. The first-order valence-corrected chi connectivity index (χ1v) is 12.7. The average Bonchev–Trinajstić information content (AvgIpc) is 3.68. The smallest absolute Gasteiger partial charge is 0.287 e. The van der Waals surface area contributed by atoms with Crippen molar-refractivity contribution in [3.63, 3.8) is 0 Å². The minimum Gasteiger partial charge on any atom is -0.493 e. The Kier molecular flexibility index (Phi) is 9.22. The second kappa shape index (κ2) is 13.0. The number of rotatable bonds is 11. The molecule has 2 aromatic carbocycles. The molecule has 0 spiro atoms. The Hall–Kier alpha value is -4.31. The van der Waals surface area contributed by atoms with Gasteiger partial charge in [-0.2, -0.15) is 0 Å². The number of nitrogens with one attached hydrogen (secondary N) is 2. The van der Waals surface area contributed by atoms with Gasteiger partial charge in [-0.3, -0.25) is 19.3 Å². The van der Waals surface area contributed by atoms with Crippen LogP contribution in [-0.2, 0) is 14.3 Å². The van der Waals surface area contributed by atoms with E-state index in [1.54, 1.807) is 36.4 Å². The molecular weight excluding hydrogens is 502 g/mol. The van der Waals surface area contributed by atoms with Crippen LogP contribution in [0.3, 0.4) is 0 Å². The number of methoxy groups -OCH3 is 2. The monoisotopic (exact) mass is 535 g/mol. The number of carbonyl (C=O) groups excluding carboxylic acids is 3. The van der Waals surface area contributed by atoms with Gasteiger partial charge in [0.15, 0.2) is 17.3 Å². The molecule has 1 aromatic heterocycles. The number of aryl methyl sites for hydroxylation is 1. The van der Waals surface area contributed by atoms with Crippen molar-refractivity contribution >= 4 is 23.4 Å². The van der Waals surface area contributed by atoms with E-state index in [9.17, 15) is 14.4 Å². The predicted molar refractivity (Wildman–Crippen MR) is 144 cm³/mol. The average molecular weight is 536 g/mol. The lowest BCUT2D eigenvalue weighted by atomic mass is 10.0. The molecule has 10 nitrogen and oxygen atoms in total. The maximum atomic E-state index is 13.9. The van der Waals surface area contributed by atoms with E-state index in [1.165, 1.54) is 31.4 Å². The molecule has 10 heteroatoms. The van der Waals surface area contributed by atoms with Crippen molar-refractivity contribution in [2.75, 3.05) is 38.8 Å². The van der Waals surface area contributed by atoms with Crippen molar-refractivity contribution in [1.82, 2.24) is 10.6 Å². The Balaban J connectivity index is 1.72. The quantitative estimate of drug-likeness (QED) is 0.386. The number of anilines is 1. The fraction of sp³-hybridized carbons (Fsp3) is 0.345. The van der Waals surface area contributed by atoms with E-state index in [0.717, 1.165) is 18.4 Å². The summed E-state index contributed by atoms with van der Waals surface area (Å²) in [4.78, 5) is 41.6. The highest BCUT2D eigenvalue weighted by atomic mass is 16.5. The van der Waals surface area contributed by atoms with Gasteiger partial charge in [0.2, 0.25) is 11.8 Å². The van der Waals surface area contributed by atoms with Gasteiger partial charge < -0.3 is 29.3 Å². The van der Waals surface area contributed by atoms with Crippen molar-refractivity contribution < 1.29 is 33.0 Å². The summed E-state index contributed by atoms with van der Waals surface area (Å²) >= 11 is 0. The van der Waals surface area contributed by atoms with Crippen LogP contribution in [0.4, 0.5) is 5.69 Å². The van der Waals surface area contributed by atoms with E-state index in [0.29, 0.717) is 35.9 Å². The zero-order chi connectivity index (χ0) is 27.8. The largest absolute Gasteiger partial charge is 0.493 e. The Morgan fingerprint density at radius 2 is 1.82 bits per heavy atom. The van der Waals surface area contributed by atoms with Crippen LogP contribution in [0.5, 0.6) is 11.5 Å². The first-order valence-electron chi connectivity index (χ1n) is 12.7. The predicted octanol–water partition coefficient (Wildman–Crippen LogP) is 3.40.